The molecule has 70 valence electrons. The van der Waals surface area contributed by atoms with Crippen LogP contribution in [0.25, 0.3) is 10.1 Å². The van der Waals surface area contributed by atoms with Gasteiger partial charge in [-0.3, -0.25) is 4.79 Å². The lowest BCUT2D eigenvalue weighted by atomic mass is 10.1. The van der Waals surface area contributed by atoms with Gasteiger partial charge in [-0.15, -0.1) is 11.3 Å². The molecule has 0 radical (unpaired) electrons. The van der Waals surface area contributed by atoms with Gasteiger partial charge in [-0.1, -0.05) is 18.2 Å². The van der Waals surface area contributed by atoms with Crippen LogP contribution in [0.15, 0.2) is 24.3 Å². The van der Waals surface area contributed by atoms with Gasteiger partial charge in [-0.05, 0) is 6.07 Å². The van der Waals surface area contributed by atoms with Crippen molar-refractivity contribution in [3.63, 3.8) is 0 Å². The van der Waals surface area contributed by atoms with Crippen molar-refractivity contribution in [2.45, 2.75) is 0 Å². The molecule has 4 heteroatoms. The highest BCUT2D eigenvalue weighted by Crippen LogP contribution is 2.29. The standard InChI is InChI=1S/C10H6O3S/c11-5-8-9(10(12)13)6-3-1-2-4-7(6)14-8/h1-5H,(H,12,13). The summed E-state index contributed by atoms with van der Waals surface area (Å²) in [6.45, 7) is 0. The maximum absolute atomic E-state index is 10.9. The van der Waals surface area contributed by atoms with Crippen LogP contribution in [-0.4, -0.2) is 17.4 Å². The summed E-state index contributed by atoms with van der Waals surface area (Å²) >= 11 is 1.20. The van der Waals surface area contributed by atoms with Crippen molar-refractivity contribution in [3.8, 4) is 0 Å². The first-order valence-electron chi connectivity index (χ1n) is 3.94. The molecule has 0 saturated carbocycles. The predicted octanol–water partition coefficient (Wildman–Crippen LogP) is 2.41. The number of carboxylic acid groups (broad SMARTS) is 1. The van der Waals surface area contributed by atoms with E-state index in [1.165, 1.54) is 11.3 Å². The van der Waals surface area contributed by atoms with E-state index in [1.807, 2.05) is 6.07 Å². The van der Waals surface area contributed by atoms with Crippen molar-refractivity contribution in [3.05, 3.63) is 34.7 Å². The van der Waals surface area contributed by atoms with Crippen LogP contribution in [0.5, 0.6) is 0 Å². The average molecular weight is 206 g/mol. The lowest BCUT2D eigenvalue weighted by Crippen LogP contribution is -1.97. The maximum atomic E-state index is 10.9. The summed E-state index contributed by atoms with van der Waals surface area (Å²) < 4.78 is 0.826. The van der Waals surface area contributed by atoms with E-state index in [1.54, 1.807) is 18.2 Å². The number of aromatic carboxylic acids is 1. The Labute approximate surface area is 83.6 Å². The lowest BCUT2D eigenvalue weighted by molar-refractivity contribution is 0.0697. The van der Waals surface area contributed by atoms with Crippen molar-refractivity contribution in [2.75, 3.05) is 0 Å². The molecule has 0 unspecified atom stereocenters. The Kier molecular flexibility index (Phi) is 2.05. The molecule has 0 spiro atoms. The first-order chi connectivity index (χ1) is 6.74. The molecular weight excluding hydrogens is 200 g/mol. The lowest BCUT2D eigenvalue weighted by Gasteiger charge is -1.91. The fourth-order valence-corrected chi connectivity index (χ4v) is 2.38. The summed E-state index contributed by atoms with van der Waals surface area (Å²) in [4.78, 5) is 21.8. The van der Waals surface area contributed by atoms with Gasteiger partial charge in [0.2, 0.25) is 0 Å². The molecule has 2 rings (SSSR count). The van der Waals surface area contributed by atoms with Crippen molar-refractivity contribution >= 4 is 33.7 Å². The molecule has 1 aromatic heterocycles. The zero-order chi connectivity index (χ0) is 10.1. The Balaban J connectivity index is 2.87. The summed E-state index contributed by atoms with van der Waals surface area (Å²) in [5, 5.41) is 9.56. The van der Waals surface area contributed by atoms with Crippen LogP contribution in [-0.2, 0) is 0 Å². The van der Waals surface area contributed by atoms with E-state index in [-0.39, 0.29) is 10.4 Å². The minimum Gasteiger partial charge on any atom is -0.478 e. The SMILES string of the molecule is O=Cc1sc2ccccc2c1C(=O)O. The summed E-state index contributed by atoms with van der Waals surface area (Å²) in [7, 11) is 0. The van der Waals surface area contributed by atoms with Gasteiger partial charge in [0.25, 0.3) is 0 Å². The second kappa shape index (κ2) is 3.23. The molecule has 0 bridgehead atoms. The molecule has 0 aliphatic carbocycles. The molecule has 1 N–H and O–H groups in total. The fourth-order valence-electron chi connectivity index (χ4n) is 1.37. The average Bonchev–Trinajstić information content (AvgIpc) is 2.55. The molecule has 0 aliphatic rings. The van der Waals surface area contributed by atoms with E-state index < -0.39 is 5.97 Å². The first-order valence-corrected chi connectivity index (χ1v) is 4.75. The number of carbonyl (C=O) groups excluding carboxylic acids is 1. The quantitative estimate of drug-likeness (QED) is 0.767. The van der Waals surface area contributed by atoms with E-state index in [9.17, 15) is 9.59 Å². The highest BCUT2D eigenvalue weighted by Gasteiger charge is 2.16. The van der Waals surface area contributed by atoms with Gasteiger partial charge in [0.15, 0.2) is 6.29 Å². The van der Waals surface area contributed by atoms with E-state index >= 15 is 0 Å². The van der Waals surface area contributed by atoms with E-state index in [0.717, 1.165) is 4.70 Å². The van der Waals surface area contributed by atoms with Crippen LogP contribution in [0.3, 0.4) is 0 Å². The van der Waals surface area contributed by atoms with Crippen LogP contribution in [0.2, 0.25) is 0 Å². The molecule has 1 aromatic carbocycles. The van der Waals surface area contributed by atoms with Gasteiger partial charge in [-0.25, -0.2) is 4.79 Å². The smallest absolute Gasteiger partial charge is 0.337 e. The maximum Gasteiger partial charge on any atom is 0.337 e. The second-order valence-corrected chi connectivity index (χ2v) is 3.84. The minimum absolute atomic E-state index is 0.112. The molecule has 1 heterocycles. The Bertz CT molecular complexity index is 513. The zero-order valence-electron chi connectivity index (χ0n) is 7.06. The van der Waals surface area contributed by atoms with Crippen LogP contribution < -0.4 is 0 Å². The Morgan fingerprint density at radius 1 is 1.36 bits per heavy atom. The number of rotatable bonds is 2. The Morgan fingerprint density at radius 2 is 2.07 bits per heavy atom. The van der Waals surface area contributed by atoms with Gasteiger partial charge in [0.1, 0.15) is 0 Å². The highest BCUT2D eigenvalue weighted by molar-refractivity contribution is 7.21. The van der Waals surface area contributed by atoms with Crippen LogP contribution in [0.4, 0.5) is 0 Å². The third kappa shape index (κ3) is 1.20. The third-order valence-electron chi connectivity index (χ3n) is 1.94. The van der Waals surface area contributed by atoms with Crippen LogP contribution in [0.1, 0.15) is 20.0 Å². The van der Waals surface area contributed by atoms with Crippen molar-refractivity contribution in [1.29, 1.82) is 0 Å². The van der Waals surface area contributed by atoms with Gasteiger partial charge >= 0.3 is 5.97 Å². The van der Waals surface area contributed by atoms with Gasteiger partial charge in [-0.2, -0.15) is 0 Å². The fraction of sp³-hybridized carbons (Fsp3) is 0. The first kappa shape index (κ1) is 8.90. The number of carbonyl (C=O) groups is 2. The number of aldehydes is 1. The number of fused-ring (bicyclic) bond motifs is 1. The molecule has 0 saturated heterocycles. The number of benzene rings is 1. The Hall–Kier alpha value is -1.68. The highest BCUT2D eigenvalue weighted by atomic mass is 32.1. The van der Waals surface area contributed by atoms with E-state index in [4.69, 9.17) is 5.11 Å². The van der Waals surface area contributed by atoms with Gasteiger partial charge < -0.3 is 5.11 Å². The summed E-state index contributed by atoms with van der Waals surface area (Å²) in [6, 6.07) is 7.09. The topological polar surface area (TPSA) is 54.4 Å². The van der Waals surface area contributed by atoms with E-state index in [2.05, 4.69) is 0 Å². The molecule has 3 nitrogen and oxygen atoms in total. The largest absolute Gasteiger partial charge is 0.478 e. The van der Waals surface area contributed by atoms with Crippen molar-refractivity contribution in [2.24, 2.45) is 0 Å². The normalized spacial score (nSPS) is 10.3. The monoisotopic (exact) mass is 206 g/mol. The van der Waals surface area contributed by atoms with Crippen molar-refractivity contribution in [1.82, 2.24) is 0 Å². The van der Waals surface area contributed by atoms with Gasteiger partial charge in [0, 0.05) is 10.1 Å². The summed E-state index contributed by atoms with van der Waals surface area (Å²) in [5.74, 6) is -1.05. The predicted molar refractivity (Wildman–Crippen MR) is 54.2 cm³/mol. The van der Waals surface area contributed by atoms with E-state index in [0.29, 0.717) is 11.7 Å². The molecule has 0 fully saturated rings. The van der Waals surface area contributed by atoms with Crippen LogP contribution in [0, 0.1) is 0 Å². The van der Waals surface area contributed by atoms with Crippen molar-refractivity contribution < 1.29 is 14.7 Å². The Morgan fingerprint density at radius 3 is 2.71 bits per heavy atom. The van der Waals surface area contributed by atoms with Gasteiger partial charge in [0.05, 0.1) is 10.4 Å². The summed E-state index contributed by atoms with van der Waals surface area (Å²) in [6.07, 6.45) is 0.591. The minimum atomic E-state index is -1.05. The number of hydrogen-bond donors (Lipinski definition) is 1. The number of hydrogen-bond acceptors (Lipinski definition) is 3. The molecular formula is C10H6O3S. The number of thiophene rings is 1. The molecule has 2 aromatic rings. The third-order valence-corrected chi connectivity index (χ3v) is 3.04. The summed E-state index contributed by atoms with van der Waals surface area (Å²) in [5.41, 5.74) is 0.112. The number of carboxylic acids is 1. The second-order valence-electron chi connectivity index (χ2n) is 2.76. The molecule has 0 aliphatic heterocycles. The molecule has 0 amide bonds. The van der Waals surface area contributed by atoms with Crippen LogP contribution >= 0.6 is 11.3 Å². The molecule has 14 heavy (non-hydrogen) atoms. The molecule has 0 atom stereocenters. The zero-order valence-corrected chi connectivity index (χ0v) is 7.88.